The number of nitrogens with two attached hydrogens (primary N) is 1. The first-order chi connectivity index (χ1) is 4.34. The normalized spacial score (nSPS) is 13.6. The first-order valence-corrected chi connectivity index (χ1v) is 3.86. The minimum atomic E-state index is 0.192. The quantitative estimate of drug-likeness (QED) is 0.680. The standard InChI is InChI=1S/C6H10N2S/c1-2-5(7)6-3-8-4-9-6/h3-5H,2,7H2,1H3/t5-/m1/s1. The first-order valence-electron chi connectivity index (χ1n) is 2.98. The van der Waals surface area contributed by atoms with Crippen LogP contribution in [0.15, 0.2) is 11.7 Å². The minimum Gasteiger partial charge on any atom is -0.323 e. The lowest BCUT2D eigenvalue weighted by Crippen LogP contribution is -2.05. The highest BCUT2D eigenvalue weighted by Crippen LogP contribution is 2.16. The van der Waals surface area contributed by atoms with Crippen LogP contribution in [0.2, 0.25) is 0 Å². The Labute approximate surface area is 58.7 Å². The van der Waals surface area contributed by atoms with Gasteiger partial charge in [0.15, 0.2) is 0 Å². The zero-order valence-electron chi connectivity index (χ0n) is 5.37. The molecular formula is C6H10N2S. The van der Waals surface area contributed by atoms with Crippen LogP contribution in [0, 0.1) is 0 Å². The first kappa shape index (κ1) is 6.71. The van der Waals surface area contributed by atoms with Gasteiger partial charge in [0.05, 0.1) is 5.51 Å². The number of nitrogens with zero attached hydrogens (tertiary/aromatic N) is 1. The molecular weight excluding hydrogens is 132 g/mol. The number of hydrogen-bond donors (Lipinski definition) is 1. The monoisotopic (exact) mass is 142 g/mol. The topological polar surface area (TPSA) is 38.9 Å². The lowest BCUT2D eigenvalue weighted by molar-refractivity contribution is 0.710. The smallest absolute Gasteiger partial charge is 0.0794 e. The highest BCUT2D eigenvalue weighted by atomic mass is 32.1. The van der Waals surface area contributed by atoms with Crippen molar-refractivity contribution in [3.63, 3.8) is 0 Å². The van der Waals surface area contributed by atoms with E-state index < -0.39 is 0 Å². The predicted molar refractivity (Wildman–Crippen MR) is 39.3 cm³/mol. The summed E-state index contributed by atoms with van der Waals surface area (Å²) in [5.41, 5.74) is 7.52. The third-order valence-corrected chi connectivity index (χ3v) is 2.16. The van der Waals surface area contributed by atoms with Crippen molar-refractivity contribution in [1.82, 2.24) is 4.98 Å². The Hall–Kier alpha value is -0.410. The fourth-order valence-electron chi connectivity index (χ4n) is 0.610. The van der Waals surface area contributed by atoms with Gasteiger partial charge in [-0.3, -0.25) is 4.98 Å². The van der Waals surface area contributed by atoms with Crippen LogP contribution in [0.5, 0.6) is 0 Å². The van der Waals surface area contributed by atoms with Gasteiger partial charge in [-0.15, -0.1) is 11.3 Å². The molecule has 2 nitrogen and oxygen atoms in total. The summed E-state index contributed by atoms with van der Waals surface area (Å²) in [6.07, 6.45) is 2.82. The molecule has 1 aromatic heterocycles. The zero-order chi connectivity index (χ0) is 6.69. The average Bonchev–Trinajstić information content (AvgIpc) is 2.37. The molecule has 0 aromatic carbocycles. The second-order valence-corrected chi connectivity index (χ2v) is 2.84. The van der Waals surface area contributed by atoms with Gasteiger partial charge >= 0.3 is 0 Å². The van der Waals surface area contributed by atoms with Crippen molar-refractivity contribution in [3.8, 4) is 0 Å². The Balaban J connectivity index is 2.65. The molecule has 1 heterocycles. The molecule has 0 bridgehead atoms. The van der Waals surface area contributed by atoms with Crippen LogP contribution in [-0.2, 0) is 0 Å². The van der Waals surface area contributed by atoms with E-state index in [0.717, 1.165) is 6.42 Å². The van der Waals surface area contributed by atoms with Crippen LogP contribution in [0.1, 0.15) is 24.3 Å². The van der Waals surface area contributed by atoms with Crippen LogP contribution in [0.25, 0.3) is 0 Å². The van der Waals surface area contributed by atoms with Crippen molar-refractivity contribution in [2.75, 3.05) is 0 Å². The molecule has 0 radical (unpaired) electrons. The second-order valence-electron chi connectivity index (χ2n) is 1.92. The molecule has 9 heavy (non-hydrogen) atoms. The fraction of sp³-hybridized carbons (Fsp3) is 0.500. The Morgan fingerprint density at radius 3 is 3.11 bits per heavy atom. The van der Waals surface area contributed by atoms with Gasteiger partial charge in [-0.25, -0.2) is 0 Å². The maximum atomic E-state index is 5.71. The van der Waals surface area contributed by atoms with Crippen molar-refractivity contribution in [1.29, 1.82) is 0 Å². The van der Waals surface area contributed by atoms with Crippen molar-refractivity contribution in [3.05, 3.63) is 16.6 Å². The van der Waals surface area contributed by atoms with Crippen molar-refractivity contribution in [2.45, 2.75) is 19.4 Å². The molecule has 3 heteroatoms. The van der Waals surface area contributed by atoms with Crippen LogP contribution in [-0.4, -0.2) is 4.98 Å². The van der Waals surface area contributed by atoms with Crippen molar-refractivity contribution >= 4 is 11.3 Å². The molecule has 0 saturated heterocycles. The van der Waals surface area contributed by atoms with E-state index in [4.69, 9.17) is 5.73 Å². The van der Waals surface area contributed by atoms with Crippen LogP contribution < -0.4 is 5.73 Å². The van der Waals surface area contributed by atoms with Gasteiger partial charge in [-0.05, 0) is 6.42 Å². The van der Waals surface area contributed by atoms with Gasteiger partial charge in [-0.1, -0.05) is 6.92 Å². The SMILES string of the molecule is CC[C@@H](N)c1cncs1. The van der Waals surface area contributed by atoms with Gasteiger partial charge in [0.1, 0.15) is 0 Å². The Morgan fingerprint density at radius 1 is 1.89 bits per heavy atom. The maximum Gasteiger partial charge on any atom is 0.0794 e. The van der Waals surface area contributed by atoms with Crippen molar-refractivity contribution in [2.24, 2.45) is 5.73 Å². The van der Waals surface area contributed by atoms with E-state index in [1.54, 1.807) is 11.3 Å². The highest BCUT2D eigenvalue weighted by Gasteiger charge is 2.02. The predicted octanol–water partition coefficient (Wildman–Crippen LogP) is 1.55. The molecule has 0 spiro atoms. The summed E-state index contributed by atoms with van der Waals surface area (Å²) in [7, 11) is 0. The van der Waals surface area contributed by atoms with E-state index in [1.165, 1.54) is 4.88 Å². The molecule has 1 atom stereocenters. The summed E-state index contributed by atoms with van der Waals surface area (Å²) in [5, 5.41) is 0. The third kappa shape index (κ3) is 1.50. The summed E-state index contributed by atoms with van der Waals surface area (Å²) in [4.78, 5) is 5.11. The Morgan fingerprint density at radius 2 is 2.67 bits per heavy atom. The lowest BCUT2D eigenvalue weighted by atomic mass is 10.2. The number of thiazole rings is 1. The van der Waals surface area contributed by atoms with Crippen LogP contribution in [0.4, 0.5) is 0 Å². The molecule has 1 aromatic rings. The number of hydrogen-bond acceptors (Lipinski definition) is 3. The van der Waals surface area contributed by atoms with E-state index in [0.29, 0.717) is 0 Å². The Kier molecular flexibility index (Phi) is 2.19. The lowest BCUT2D eigenvalue weighted by Gasteiger charge is -2.01. The molecule has 50 valence electrons. The number of rotatable bonds is 2. The molecule has 0 unspecified atom stereocenters. The van der Waals surface area contributed by atoms with Gasteiger partial charge in [0, 0.05) is 17.1 Å². The van der Waals surface area contributed by atoms with Crippen LogP contribution >= 0.6 is 11.3 Å². The zero-order valence-corrected chi connectivity index (χ0v) is 6.19. The summed E-state index contributed by atoms with van der Waals surface area (Å²) in [6, 6.07) is 0.192. The molecule has 0 amide bonds. The van der Waals surface area contributed by atoms with E-state index in [9.17, 15) is 0 Å². The molecule has 0 fully saturated rings. The molecule has 0 aliphatic heterocycles. The molecule has 0 saturated carbocycles. The summed E-state index contributed by atoms with van der Waals surface area (Å²) < 4.78 is 0. The summed E-state index contributed by atoms with van der Waals surface area (Å²) in [6.45, 7) is 2.07. The maximum absolute atomic E-state index is 5.71. The van der Waals surface area contributed by atoms with E-state index in [1.807, 2.05) is 11.7 Å². The molecule has 2 N–H and O–H groups in total. The van der Waals surface area contributed by atoms with Crippen molar-refractivity contribution < 1.29 is 0 Å². The van der Waals surface area contributed by atoms with Gasteiger partial charge in [-0.2, -0.15) is 0 Å². The average molecular weight is 142 g/mol. The minimum absolute atomic E-state index is 0.192. The van der Waals surface area contributed by atoms with E-state index >= 15 is 0 Å². The Bertz CT molecular complexity index is 160. The fourth-order valence-corrected chi connectivity index (χ4v) is 1.32. The second kappa shape index (κ2) is 2.94. The number of aromatic nitrogens is 1. The largest absolute Gasteiger partial charge is 0.323 e. The van der Waals surface area contributed by atoms with Gasteiger partial charge in [0.2, 0.25) is 0 Å². The summed E-state index contributed by atoms with van der Waals surface area (Å²) >= 11 is 1.62. The third-order valence-electron chi connectivity index (χ3n) is 1.26. The molecule has 0 aliphatic carbocycles. The van der Waals surface area contributed by atoms with Crippen LogP contribution in [0.3, 0.4) is 0 Å². The van der Waals surface area contributed by atoms with E-state index in [-0.39, 0.29) is 6.04 Å². The highest BCUT2D eigenvalue weighted by molar-refractivity contribution is 7.09. The summed E-state index contributed by atoms with van der Waals surface area (Å²) in [5.74, 6) is 0. The van der Waals surface area contributed by atoms with E-state index in [2.05, 4.69) is 11.9 Å². The molecule has 0 aliphatic rings. The van der Waals surface area contributed by atoms with Gasteiger partial charge in [0.25, 0.3) is 0 Å². The van der Waals surface area contributed by atoms with Gasteiger partial charge < -0.3 is 5.73 Å². The molecule has 1 rings (SSSR count).